The molecule has 4 nitrogen and oxygen atoms in total. The van der Waals surface area contributed by atoms with Crippen molar-refractivity contribution in [1.29, 1.82) is 0 Å². The molecule has 0 fully saturated rings. The standard InChI is InChI=1S/C7H9NO3/c1-4(2)6(10)8-7(11)5(3)9/h1H2,2-3H3,(H,8,10,11). The van der Waals surface area contributed by atoms with Crippen LogP contribution < -0.4 is 5.32 Å². The smallest absolute Gasteiger partial charge is 0.289 e. The summed E-state index contributed by atoms with van der Waals surface area (Å²) in [5.74, 6) is -2.22. The van der Waals surface area contributed by atoms with Gasteiger partial charge >= 0.3 is 0 Å². The SMILES string of the molecule is C=C(C)C(=O)NC(=O)C(C)=O. The van der Waals surface area contributed by atoms with Gasteiger partial charge in [-0.15, -0.1) is 0 Å². The molecule has 11 heavy (non-hydrogen) atoms. The van der Waals surface area contributed by atoms with Gasteiger partial charge in [0.1, 0.15) is 0 Å². The number of carbonyl (C=O) groups excluding carboxylic acids is 3. The zero-order valence-corrected chi connectivity index (χ0v) is 6.43. The molecule has 2 amide bonds. The van der Waals surface area contributed by atoms with E-state index in [2.05, 4.69) is 6.58 Å². The molecule has 0 aromatic rings. The summed E-state index contributed by atoms with van der Waals surface area (Å²) in [6, 6.07) is 0. The van der Waals surface area contributed by atoms with E-state index in [4.69, 9.17) is 0 Å². The van der Waals surface area contributed by atoms with Gasteiger partial charge in [-0.25, -0.2) is 0 Å². The average Bonchev–Trinajstić information content (AvgIpc) is 1.87. The molecule has 0 rings (SSSR count). The molecule has 0 atom stereocenters. The first-order valence-corrected chi connectivity index (χ1v) is 2.97. The number of hydrogen-bond acceptors (Lipinski definition) is 3. The fraction of sp³-hybridized carbons (Fsp3) is 0.286. The number of imide groups is 1. The third kappa shape index (κ3) is 3.30. The van der Waals surface area contributed by atoms with Crippen LogP contribution in [-0.4, -0.2) is 17.6 Å². The van der Waals surface area contributed by atoms with Gasteiger partial charge in [0, 0.05) is 12.5 Å². The van der Waals surface area contributed by atoms with Crippen LogP contribution in [0.15, 0.2) is 12.2 Å². The minimum Gasteiger partial charge on any atom is -0.289 e. The Labute approximate surface area is 64.3 Å². The van der Waals surface area contributed by atoms with Crippen molar-refractivity contribution in [3.63, 3.8) is 0 Å². The third-order valence-corrected chi connectivity index (χ3v) is 0.934. The van der Waals surface area contributed by atoms with Crippen LogP contribution in [0.1, 0.15) is 13.8 Å². The van der Waals surface area contributed by atoms with Gasteiger partial charge in [-0.05, 0) is 6.92 Å². The Morgan fingerprint density at radius 1 is 1.09 bits per heavy atom. The Hall–Kier alpha value is -1.45. The number of nitrogens with one attached hydrogen (secondary N) is 1. The number of rotatable bonds is 2. The largest absolute Gasteiger partial charge is 0.293 e. The van der Waals surface area contributed by atoms with Crippen LogP contribution in [0.3, 0.4) is 0 Å². The van der Waals surface area contributed by atoms with Crippen LogP contribution >= 0.6 is 0 Å². The predicted molar refractivity (Wildman–Crippen MR) is 38.6 cm³/mol. The maximum atomic E-state index is 10.7. The minimum absolute atomic E-state index is 0.194. The third-order valence-electron chi connectivity index (χ3n) is 0.934. The van der Waals surface area contributed by atoms with Crippen molar-refractivity contribution in [2.75, 3.05) is 0 Å². The minimum atomic E-state index is -0.905. The van der Waals surface area contributed by atoms with Crippen LogP contribution in [0.25, 0.3) is 0 Å². The normalized spacial score (nSPS) is 8.55. The van der Waals surface area contributed by atoms with Gasteiger partial charge in [-0.3, -0.25) is 19.7 Å². The van der Waals surface area contributed by atoms with Crippen molar-refractivity contribution in [3.8, 4) is 0 Å². The summed E-state index contributed by atoms with van der Waals surface area (Å²) in [6.07, 6.45) is 0. The Morgan fingerprint density at radius 2 is 1.55 bits per heavy atom. The summed E-state index contributed by atoms with van der Waals surface area (Å²) in [4.78, 5) is 31.5. The van der Waals surface area contributed by atoms with E-state index in [0.29, 0.717) is 0 Å². The molecule has 0 spiro atoms. The van der Waals surface area contributed by atoms with Crippen molar-refractivity contribution >= 4 is 17.6 Å². The molecule has 0 aliphatic rings. The molecule has 0 aliphatic heterocycles. The molecule has 0 aliphatic carbocycles. The number of amides is 2. The highest BCUT2D eigenvalue weighted by Crippen LogP contribution is 1.85. The highest BCUT2D eigenvalue weighted by atomic mass is 16.2. The summed E-state index contributed by atoms with van der Waals surface area (Å²) in [7, 11) is 0. The van der Waals surface area contributed by atoms with Crippen LogP contribution in [0.4, 0.5) is 0 Å². The van der Waals surface area contributed by atoms with Crippen molar-refractivity contribution in [2.45, 2.75) is 13.8 Å². The maximum Gasteiger partial charge on any atom is 0.293 e. The Morgan fingerprint density at radius 3 is 1.82 bits per heavy atom. The van der Waals surface area contributed by atoms with Crippen LogP contribution in [0.5, 0.6) is 0 Å². The first-order chi connectivity index (χ1) is 4.95. The highest BCUT2D eigenvalue weighted by Gasteiger charge is 2.11. The molecule has 0 aromatic heterocycles. The highest BCUT2D eigenvalue weighted by molar-refractivity contribution is 6.38. The second-order valence-corrected chi connectivity index (χ2v) is 2.12. The van der Waals surface area contributed by atoms with Gasteiger partial charge in [0.25, 0.3) is 11.8 Å². The summed E-state index contributed by atoms with van der Waals surface area (Å²) >= 11 is 0. The quantitative estimate of drug-likeness (QED) is 0.443. The molecule has 4 heteroatoms. The van der Waals surface area contributed by atoms with Crippen molar-refractivity contribution in [2.24, 2.45) is 0 Å². The fourth-order valence-electron chi connectivity index (χ4n) is 0.298. The molecule has 0 saturated carbocycles. The fourth-order valence-corrected chi connectivity index (χ4v) is 0.298. The topological polar surface area (TPSA) is 63.2 Å². The van der Waals surface area contributed by atoms with Gasteiger partial charge in [-0.1, -0.05) is 6.58 Å². The summed E-state index contributed by atoms with van der Waals surface area (Å²) in [5, 5.41) is 1.85. The van der Waals surface area contributed by atoms with Crippen LogP contribution in [0.2, 0.25) is 0 Å². The van der Waals surface area contributed by atoms with Crippen molar-refractivity contribution in [1.82, 2.24) is 5.32 Å². The molecular formula is C7H9NO3. The maximum absolute atomic E-state index is 10.7. The van der Waals surface area contributed by atoms with E-state index in [-0.39, 0.29) is 5.57 Å². The molecule has 0 saturated heterocycles. The molecular weight excluding hydrogens is 146 g/mol. The lowest BCUT2D eigenvalue weighted by molar-refractivity contribution is -0.139. The number of Topliss-reactive ketones (excluding diaryl/α,β-unsaturated/α-hetero) is 1. The molecule has 0 unspecified atom stereocenters. The monoisotopic (exact) mass is 155 g/mol. The second kappa shape index (κ2) is 3.65. The zero-order valence-electron chi connectivity index (χ0n) is 6.43. The van der Waals surface area contributed by atoms with Gasteiger partial charge in [0.15, 0.2) is 0 Å². The molecule has 0 bridgehead atoms. The lowest BCUT2D eigenvalue weighted by atomic mass is 10.3. The average molecular weight is 155 g/mol. The summed E-state index contributed by atoms with van der Waals surface area (Å²) < 4.78 is 0. The Kier molecular flexibility index (Phi) is 3.17. The molecule has 0 radical (unpaired) electrons. The van der Waals surface area contributed by atoms with E-state index in [9.17, 15) is 14.4 Å². The summed E-state index contributed by atoms with van der Waals surface area (Å²) in [6.45, 7) is 5.82. The van der Waals surface area contributed by atoms with Crippen molar-refractivity contribution in [3.05, 3.63) is 12.2 Å². The Bertz CT molecular complexity index is 206. The second-order valence-electron chi connectivity index (χ2n) is 2.12. The molecule has 60 valence electrons. The molecule has 1 N–H and O–H groups in total. The Balaban J connectivity index is 4.07. The number of carbonyl (C=O) groups is 3. The van der Waals surface area contributed by atoms with E-state index in [0.717, 1.165) is 6.92 Å². The lowest BCUT2D eigenvalue weighted by Gasteiger charge is -1.98. The van der Waals surface area contributed by atoms with E-state index in [1.807, 2.05) is 5.32 Å². The summed E-state index contributed by atoms with van der Waals surface area (Å²) in [5.41, 5.74) is 0.194. The predicted octanol–water partition coefficient (Wildman–Crippen LogP) is -0.206. The number of ketones is 1. The van der Waals surface area contributed by atoms with Crippen molar-refractivity contribution < 1.29 is 14.4 Å². The van der Waals surface area contributed by atoms with E-state index >= 15 is 0 Å². The number of hydrogen-bond donors (Lipinski definition) is 1. The molecule has 0 heterocycles. The van der Waals surface area contributed by atoms with Crippen LogP contribution in [0, 0.1) is 0 Å². The zero-order chi connectivity index (χ0) is 9.02. The van der Waals surface area contributed by atoms with E-state index in [1.165, 1.54) is 6.92 Å². The first kappa shape index (κ1) is 9.55. The van der Waals surface area contributed by atoms with E-state index in [1.54, 1.807) is 0 Å². The van der Waals surface area contributed by atoms with Gasteiger partial charge < -0.3 is 0 Å². The van der Waals surface area contributed by atoms with E-state index < -0.39 is 17.6 Å². The first-order valence-electron chi connectivity index (χ1n) is 2.97. The van der Waals surface area contributed by atoms with Gasteiger partial charge in [-0.2, -0.15) is 0 Å². The van der Waals surface area contributed by atoms with Gasteiger partial charge in [0.2, 0.25) is 5.78 Å². The molecule has 0 aromatic carbocycles. The van der Waals surface area contributed by atoms with Gasteiger partial charge in [0.05, 0.1) is 0 Å². The lowest BCUT2D eigenvalue weighted by Crippen LogP contribution is -2.34. The van der Waals surface area contributed by atoms with Crippen LogP contribution in [-0.2, 0) is 14.4 Å².